The molecule has 2 aromatic rings. The Bertz CT molecular complexity index is 771. The zero-order chi connectivity index (χ0) is 19.8. The van der Waals surface area contributed by atoms with Crippen LogP contribution in [0.5, 0.6) is 5.75 Å². The number of hydrogen-bond acceptors (Lipinski definition) is 3. The van der Waals surface area contributed by atoms with E-state index in [2.05, 4.69) is 5.32 Å². The van der Waals surface area contributed by atoms with Gasteiger partial charge in [-0.3, -0.25) is 9.59 Å². The van der Waals surface area contributed by atoms with Crippen molar-refractivity contribution >= 4 is 11.8 Å². The third-order valence-corrected chi connectivity index (χ3v) is 4.55. The molecule has 0 fully saturated rings. The van der Waals surface area contributed by atoms with Crippen molar-refractivity contribution < 1.29 is 14.3 Å². The first-order valence-corrected chi connectivity index (χ1v) is 9.21. The predicted molar refractivity (Wildman–Crippen MR) is 107 cm³/mol. The predicted octanol–water partition coefficient (Wildman–Crippen LogP) is 3.24. The summed E-state index contributed by atoms with van der Waals surface area (Å²) in [6.07, 6.45) is 0.529. The number of amides is 2. The second kappa shape index (κ2) is 9.76. The zero-order valence-electron chi connectivity index (χ0n) is 16.5. The Morgan fingerprint density at radius 1 is 1.07 bits per heavy atom. The van der Waals surface area contributed by atoms with Crippen LogP contribution >= 0.6 is 0 Å². The van der Waals surface area contributed by atoms with Crippen LogP contribution in [0, 0.1) is 13.8 Å². The van der Waals surface area contributed by atoms with Gasteiger partial charge in [-0.2, -0.15) is 0 Å². The molecule has 1 atom stereocenters. The van der Waals surface area contributed by atoms with Crippen LogP contribution in [-0.2, 0) is 16.1 Å². The summed E-state index contributed by atoms with van der Waals surface area (Å²) in [6.45, 7) is 6.11. The van der Waals surface area contributed by atoms with Gasteiger partial charge in [-0.05, 0) is 37.5 Å². The van der Waals surface area contributed by atoms with Crippen molar-refractivity contribution in [3.8, 4) is 5.75 Å². The molecule has 1 N–H and O–H groups in total. The number of nitrogens with one attached hydrogen (secondary N) is 1. The van der Waals surface area contributed by atoms with Gasteiger partial charge in [-0.15, -0.1) is 0 Å². The lowest BCUT2D eigenvalue weighted by Crippen LogP contribution is -2.49. The fraction of sp³-hybridized carbons (Fsp3) is 0.364. The summed E-state index contributed by atoms with van der Waals surface area (Å²) in [5.41, 5.74) is 3.10. The third kappa shape index (κ3) is 5.58. The first kappa shape index (κ1) is 20.5. The number of benzene rings is 2. The first-order valence-electron chi connectivity index (χ1n) is 9.21. The average molecular weight is 368 g/mol. The van der Waals surface area contributed by atoms with Crippen LogP contribution in [0.2, 0.25) is 0 Å². The van der Waals surface area contributed by atoms with Gasteiger partial charge in [0.05, 0.1) is 0 Å². The summed E-state index contributed by atoms with van der Waals surface area (Å²) < 4.78 is 5.72. The highest BCUT2D eigenvalue weighted by atomic mass is 16.5. The van der Waals surface area contributed by atoms with Gasteiger partial charge in [-0.25, -0.2) is 0 Å². The number of hydrogen-bond donors (Lipinski definition) is 1. The topological polar surface area (TPSA) is 58.6 Å². The Balaban J connectivity index is 2.19. The smallest absolute Gasteiger partial charge is 0.261 e. The minimum atomic E-state index is -0.538. The van der Waals surface area contributed by atoms with Crippen LogP contribution in [0.15, 0.2) is 48.5 Å². The number of nitrogens with zero attached hydrogens (tertiary/aromatic N) is 1. The van der Waals surface area contributed by atoms with Crippen LogP contribution in [0.4, 0.5) is 0 Å². The van der Waals surface area contributed by atoms with Gasteiger partial charge >= 0.3 is 0 Å². The molecular weight excluding hydrogens is 340 g/mol. The summed E-state index contributed by atoms with van der Waals surface area (Å²) in [6, 6.07) is 15.0. The lowest BCUT2D eigenvalue weighted by atomic mass is 10.1. The van der Waals surface area contributed by atoms with E-state index in [9.17, 15) is 9.59 Å². The monoisotopic (exact) mass is 368 g/mol. The maximum absolute atomic E-state index is 12.9. The summed E-state index contributed by atoms with van der Waals surface area (Å²) in [5, 5.41) is 2.66. The van der Waals surface area contributed by atoms with E-state index in [-0.39, 0.29) is 18.4 Å². The number of aryl methyl sites for hydroxylation is 2. The lowest BCUT2D eigenvalue weighted by Gasteiger charge is -2.30. The standard InChI is InChI=1S/C22H28N2O3/c1-5-19(22(26)23-4)24(14-18-12-10-16(2)11-13-18)21(25)15-27-20-9-7-6-8-17(20)3/h6-13,19H,5,14-15H2,1-4H3,(H,23,26)/t19-/m1/s1. The molecular formula is C22H28N2O3. The van der Waals surface area contributed by atoms with Gasteiger partial charge < -0.3 is 15.0 Å². The molecule has 0 saturated heterocycles. The van der Waals surface area contributed by atoms with E-state index in [1.807, 2.05) is 69.3 Å². The number of rotatable bonds is 8. The van der Waals surface area contributed by atoms with E-state index in [0.29, 0.717) is 18.7 Å². The van der Waals surface area contributed by atoms with Crippen molar-refractivity contribution in [2.75, 3.05) is 13.7 Å². The second-order valence-corrected chi connectivity index (χ2v) is 6.60. The average Bonchev–Trinajstić information content (AvgIpc) is 2.68. The van der Waals surface area contributed by atoms with Gasteiger partial charge in [0.2, 0.25) is 5.91 Å². The molecule has 0 saturated carbocycles. The van der Waals surface area contributed by atoms with Crippen molar-refractivity contribution in [3.05, 3.63) is 65.2 Å². The van der Waals surface area contributed by atoms with E-state index in [4.69, 9.17) is 4.74 Å². The van der Waals surface area contributed by atoms with Crippen molar-refractivity contribution in [3.63, 3.8) is 0 Å². The summed E-state index contributed by atoms with van der Waals surface area (Å²) >= 11 is 0. The molecule has 0 aliphatic rings. The molecule has 144 valence electrons. The molecule has 0 bridgehead atoms. The van der Waals surface area contributed by atoms with Gasteiger partial charge in [0, 0.05) is 13.6 Å². The number of likely N-dealkylation sites (N-methyl/N-ethyl adjacent to an activating group) is 1. The largest absolute Gasteiger partial charge is 0.484 e. The summed E-state index contributed by atoms with van der Waals surface area (Å²) in [7, 11) is 1.59. The zero-order valence-corrected chi connectivity index (χ0v) is 16.5. The Morgan fingerprint density at radius 3 is 2.33 bits per heavy atom. The van der Waals surface area contributed by atoms with Crippen molar-refractivity contribution in [2.45, 2.75) is 39.8 Å². The van der Waals surface area contributed by atoms with E-state index >= 15 is 0 Å². The fourth-order valence-corrected chi connectivity index (χ4v) is 2.92. The van der Waals surface area contributed by atoms with Crippen LogP contribution in [0.1, 0.15) is 30.0 Å². The normalized spacial score (nSPS) is 11.6. The second-order valence-electron chi connectivity index (χ2n) is 6.60. The quantitative estimate of drug-likeness (QED) is 0.778. The molecule has 0 aliphatic heterocycles. The molecule has 0 radical (unpaired) electrons. The van der Waals surface area contributed by atoms with E-state index in [1.165, 1.54) is 0 Å². The lowest BCUT2D eigenvalue weighted by molar-refractivity contribution is -0.142. The molecule has 5 nitrogen and oxygen atoms in total. The number of ether oxygens (including phenoxy) is 1. The Hall–Kier alpha value is -2.82. The highest BCUT2D eigenvalue weighted by molar-refractivity contribution is 5.88. The van der Waals surface area contributed by atoms with E-state index in [1.54, 1.807) is 11.9 Å². The minimum absolute atomic E-state index is 0.107. The number of para-hydroxylation sites is 1. The molecule has 2 rings (SSSR count). The van der Waals surface area contributed by atoms with Crippen LogP contribution in [0.3, 0.4) is 0 Å². The minimum Gasteiger partial charge on any atom is -0.484 e. The molecule has 5 heteroatoms. The highest BCUT2D eigenvalue weighted by Gasteiger charge is 2.28. The van der Waals surface area contributed by atoms with Gasteiger partial charge in [0.15, 0.2) is 6.61 Å². The fourth-order valence-electron chi connectivity index (χ4n) is 2.92. The molecule has 2 amide bonds. The van der Waals surface area contributed by atoms with Crippen molar-refractivity contribution in [1.82, 2.24) is 10.2 Å². The highest BCUT2D eigenvalue weighted by Crippen LogP contribution is 2.18. The Labute approximate surface area is 161 Å². The van der Waals surface area contributed by atoms with E-state index < -0.39 is 6.04 Å². The molecule has 27 heavy (non-hydrogen) atoms. The van der Waals surface area contributed by atoms with Crippen LogP contribution in [0.25, 0.3) is 0 Å². The van der Waals surface area contributed by atoms with Crippen molar-refractivity contribution in [2.24, 2.45) is 0 Å². The Morgan fingerprint density at radius 2 is 1.74 bits per heavy atom. The molecule has 0 heterocycles. The molecule has 0 aromatic heterocycles. The van der Waals surface area contributed by atoms with Gasteiger partial charge in [0.1, 0.15) is 11.8 Å². The number of carbonyl (C=O) groups is 2. The van der Waals surface area contributed by atoms with Crippen molar-refractivity contribution in [1.29, 1.82) is 0 Å². The Kier molecular flexibility index (Phi) is 7.41. The summed E-state index contributed by atoms with van der Waals surface area (Å²) in [5.74, 6) is 0.289. The first-order chi connectivity index (χ1) is 13.0. The van der Waals surface area contributed by atoms with Gasteiger partial charge in [0.25, 0.3) is 5.91 Å². The van der Waals surface area contributed by atoms with Gasteiger partial charge in [-0.1, -0.05) is 55.0 Å². The third-order valence-electron chi connectivity index (χ3n) is 4.55. The molecule has 0 spiro atoms. The molecule has 0 aliphatic carbocycles. The van der Waals surface area contributed by atoms with Crippen LogP contribution < -0.4 is 10.1 Å². The van der Waals surface area contributed by atoms with E-state index in [0.717, 1.165) is 16.7 Å². The van der Waals surface area contributed by atoms with Crippen LogP contribution in [-0.4, -0.2) is 36.4 Å². The number of carbonyl (C=O) groups excluding carboxylic acids is 2. The summed E-state index contributed by atoms with van der Waals surface area (Å²) in [4.78, 5) is 26.9. The molecule has 2 aromatic carbocycles. The SMILES string of the molecule is CC[C@H](C(=O)NC)N(Cc1ccc(C)cc1)C(=O)COc1ccccc1C. The maximum Gasteiger partial charge on any atom is 0.261 e. The maximum atomic E-state index is 12.9. The molecule has 0 unspecified atom stereocenters.